The van der Waals surface area contributed by atoms with Gasteiger partial charge in [0.2, 0.25) is 0 Å². The molecule has 0 saturated carbocycles. The minimum absolute atomic E-state index is 0. The van der Waals surface area contributed by atoms with Gasteiger partial charge in [0.1, 0.15) is 0 Å². The van der Waals surface area contributed by atoms with Crippen LogP contribution < -0.4 is 34.7 Å². The van der Waals surface area contributed by atoms with Gasteiger partial charge in [0.25, 0.3) is 0 Å². The van der Waals surface area contributed by atoms with Crippen LogP contribution in [0.4, 0.5) is 0 Å². The molecule has 1 heterocycles. The summed E-state index contributed by atoms with van der Waals surface area (Å²) < 4.78 is 0. The Labute approximate surface area is 114 Å². The first-order valence-electron chi connectivity index (χ1n) is 4.12. The van der Waals surface area contributed by atoms with Crippen molar-refractivity contribution in [1.82, 2.24) is 0 Å². The van der Waals surface area contributed by atoms with Crippen LogP contribution in [0, 0.1) is 0 Å². The van der Waals surface area contributed by atoms with Crippen LogP contribution in [0.1, 0.15) is 9.67 Å². The van der Waals surface area contributed by atoms with E-state index in [0.29, 0.717) is 0 Å². The minimum Gasteiger partial charge on any atom is -0.544 e. The molecule has 0 spiro atoms. The second-order valence-corrected chi connectivity index (χ2v) is 3.76. The van der Waals surface area contributed by atoms with Gasteiger partial charge in [0, 0.05) is 0 Å². The molecule has 0 aliphatic heterocycles. The fourth-order valence-corrected chi connectivity index (χ4v) is 1.97. The summed E-state index contributed by atoms with van der Waals surface area (Å²) >= 11 is 1.19. The Kier molecular flexibility index (Phi) is 4.54. The predicted octanol–water partition coefficient (Wildman–Crippen LogP) is -1.22. The van der Waals surface area contributed by atoms with Gasteiger partial charge in [-0.2, -0.15) is 0 Å². The maximum absolute atomic E-state index is 10.5. The monoisotopic (exact) mass is 226 g/mol. The Morgan fingerprint density at radius 3 is 2.33 bits per heavy atom. The molecule has 0 bridgehead atoms. The van der Waals surface area contributed by atoms with Crippen LogP contribution in [0.15, 0.2) is 41.8 Å². The zero-order chi connectivity index (χ0) is 9.97. The first kappa shape index (κ1) is 12.5. The summed E-state index contributed by atoms with van der Waals surface area (Å²) in [6.07, 6.45) is 0. The number of benzene rings is 1. The summed E-state index contributed by atoms with van der Waals surface area (Å²) in [4.78, 5) is 10.8. The first-order chi connectivity index (χ1) is 6.77. The van der Waals surface area contributed by atoms with E-state index in [9.17, 15) is 9.90 Å². The molecule has 1 aromatic heterocycles. The van der Waals surface area contributed by atoms with Crippen LogP contribution in [0.3, 0.4) is 0 Å². The van der Waals surface area contributed by atoms with E-state index < -0.39 is 5.97 Å². The Hall–Kier alpha value is -0.610. The second-order valence-electron chi connectivity index (χ2n) is 2.85. The molecule has 0 saturated heterocycles. The molecular weight excluding hydrogens is 219 g/mol. The molecule has 2 aromatic rings. The van der Waals surface area contributed by atoms with E-state index in [1.165, 1.54) is 11.3 Å². The van der Waals surface area contributed by atoms with Crippen molar-refractivity contribution in [1.29, 1.82) is 0 Å². The van der Waals surface area contributed by atoms with E-state index in [1.54, 1.807) is 6.07 Å². The number of rotatable bonds is 2. The largest absolute Gasteiger partial charge is 1.00 e. The van der Waals surface area contributed by atoms with Crippen LogP contribution >= 0.6 is 11.3 Å². The van der Waals surface area contributed by atoms with Gasteiger partial charge in [0.05, 0.1) is 10.8 Å². The van der Waals surface area contributed by atoms with Gasteiger partial charge in [-0.3, -0.25) is 0 Å². The van der Waals surface area contributed by atoms with Crippen molar-refractivity contribution in [2.45, 2.75) is 0 Å². The number of carboxylic acid groups (broad SMARTS) is 1. The molecule has 0 aliphatic rings. The molecule has 0 aliphatic carbocycles. The Morgan fingerprint density at radius 1 is 1.13 bits per heavy atom. The first-order valence-corrected chi connectivity index (χ1v) is 5.00. The standard InChI is InChI=1S/C11H8O2S.Na/c12-11(13)10-6-9(7-14-10)8-4-2-1-3-5-8;/h1-7H,(H,12,13);/q;+1/p-1. The van der Waals surface area contributed by atoms with Gasteiger partial charge in [-0.25, -0.2) is 0 Å². The number of thiophene rings is 1. The summed E-state index contributed by atoms with van der Waals surface area (Å²) in [6.45, 7) is 0. The molecule has 0 fully saturated rings. The van der Waals surface area contributed by atoms with Crippen LogP contribution in [0.25, 0.3) is 11.1 Å². The molecule has 70 valence electrons. The second kappa shape index (κ2) is 5.47. The van der Waals surface area contributed by atoms with Crippen molar-refractivity contribution in [2.75, 3.05) is 0 Å². The van der Waals surface area contributed by atoms with E-state index in [2.05, 4.69) is 0 Å². The van der Waals surface area contributed by atoms with Crippen molar-refractivity contribution in [3.63, 3.8) is 0 Å². The predicted molar refractivity (Wildman–Crippen MR) is 54.1 cm³/mol. The quantitative estimate of drug-likeness (QED) is 0.602. The summed E-state index contributed by atoms with van der Waals surface area (Å²) in [7, 11) is 0. The zero-order valence-corrected chi connectivity index (χ0v) is 11.1. The molecule has 0 radical (unpaired) electrons. The topological polar surface area (TPSA) is 40.1 Å². The Balaban J connectivity index is 0.00000112. The smallest absolute Gasteiger partial charge is 0.544 e. The van der Waals surface area contributed by atoms with E-state index in [-0.39, 0.29) is 34.4 Å². The molecule has 2 nitrogen and oxygen atoms in total. The number of carboxylic acids is 1. The molecule has 2 rings (SSSR count). The Bertz CT molecular complexity index is 451. The molecule has 1 aromatic carbocycles. The number of aromatic carboxylic acids is 1. The third-order valence-electron chi connectivity index (χ3n) is 1.91. The molecule has 0 atom stereocenters. The third kappa shape index (κ3) is 2.92. The molecule has 4 heteroatoms. The number of hydrogen-bond acceptors (Lipinski definition) is 3. The van der Waals surface area contributed by atoms with E-state index in [4.69, 9.17) is 0 Å². The molecule has 0 N–H and O–H groups in total. The van der Waals surface area contributed by atoms with Crippen LogP contribution in [0.5, 0.6) is 0 Å². The maximum Gasteiger partial charge on any atom is 1.00 e. The zero-order valence-electron chi connectivity index (χ0n) is 8.27. The van der Waals surface area contributed by atoms with E-state index in [0.717, 1.165) is 11.1 Å². The van der Waals surface area contributed by atoms with Crippen molar-refractivity contribution >= 4 is 17.3 Å². The molecule has 15 heavy (non-hydrogen) atoms. The fourth-order valence-electron chi connectivity index (χ4n) is 1.23. The van der Waals surface area contributed by atoms with Crippen molar-refractivity contribution in [3.8, 4) is 11.1 Å². The third-order valence-corrected chi connectivity index (χ3v) is 2.82. The average Bonchev–Trinajstić information content (AvgIpc) is 2.68. The van der Waals surface area contributed by atoms with Gasteiger partial charge in [-0.05, 0) is 22.6 Å². The van der Waals surface area contributed by atoms with E-state index in [1.807, 2.05) is 35.7 Å². The number of hydrogen-bond donors (Lipinski definition) is 0. The average molecular weight is 226 g/mol. The van der Waals surface area contributed by atoms with Crippen molar-refractivity contribution in [2.24, 2.45) is 0 Å². The van der Waals surface area contributed by atoms with Gasteiger partial charge in [0.15, 0.2) is 0 Å². The summed E-state index contributed by atoms with van der Waals surface area (Å²) in [5.41, 5.74) is 1.95. The van der Waals surface area contributed by atoms with Gasteiger partial charge >= 0.3 is 29.6 Å². The van der Waals surface area contributed by atoms with Crippen LogP contribution in [0.2, 0.25) is 0 Å². The van der Waals surface area contributed by atoms with Gasteiger partial charge in [-0.1, -0.05) is 30.3 Å². The summed E-state index contributed by atoms with van der Waals surface area (Å²) in [5, 5.41) is 12.4. The fraction of sp³-hybridized carbons (Fsp3) is 0. The molecule has 0 amide bonds. The van der Waals surface area contributed by atoms with Crippen LogP contribution in [-0.2, 0) is 0 Å². The number of carbonyl (C=O) groups excluding carboxylic acids is 1. The normalized spacial score (nSPS) is 9.33. The van der Waals surface area contributed by atoms with Crippen molar-refractivity contribution in [3.05, 3.63) is 46.7 Å². The van der Waals surface area contributed by atoms with E-state index >= 15 is 0 Å². The Morgan fingerprint density at radius 2 is 1.80 bits per heavy atom. The number of carbonyl (C=O) groups is 1. The van der Waals surface area contributed by atoms with Crippen LogP contribution in [-0.4, -0.2) is 5.97 Å². The van der Waals surface area contributed by atoms with Gasteiger partial charge < -0.3 is 9.90 Å². The molecule has 0 unspecified atom stereocenters. The molecular formula is C11H7NaO2S. The maximum atomic E-state index is 10.5. The summed E-state index contributed by atoms with van der Waals surface area (Å²) in [5.74, 6) is -1.11. The summed E-state index contributed by atoms with van der Waals surface area (Å²) in [6, 6.07) is 11.3. The SMILES string of the molecule is O=C([O-])c1cc(-c2ccccc2)cs1.[Na+]. The van der Waals surface area contributed by atoms with Gasteiger partial charge in [-0.15, -0.1) is 11.3 Å². The minimum atomic E-state index is -1.11. The van der Waals surface area contributed by atoms with Crippen molar-refractivity contribution < 1.29 is 39.5 Å².